The number of rotatable bonds is 5. The average Bonchev–Trinajstić information content (AvgIpc) is 3.34. The molecule has 0 spiro atoms. The van der Waals surface area contributed by atoms with Gasteiger partial charge in [-0.3, -0.25) is 13.8 Å². The Morgan fingerprint density at radius 1 is 1.19 bits per heavy atom. The van der Waals surface area contributed by atoms with Gasteiger partial charge in [-0.1, -0.05) is 11.6 Å². The molecule has 1 aromatic carbocycles. The van der Waals surface area contributed by atoms with Crippen molar-refractivity contribution in [1.29, 1.82) is 0 Å². The van der Waals surface area contributed by atoms with Gasteiger partial charge in [-0.15, -0.1) is 10.2 Å². The fourth-order valence-corrected chi connectivity index (χ4v) is 4.16. The minimum Gasteiger partial charge on any atom is -0.453 e. The molecule has 0 fully saturated rings. The second kappa shape index (κ2) is 7.32. The molecule has 0 bridgehead atoms. The molecule has 0 saturated heterocycles. The summed E-state index contributed by atoms with van der Waals surface area (Å²) in [6.45, 7) is 1.67. The van der Waals surface area contributed by atoms with Crippen LogP contribution in [-0.2, 0) is 35.5 Å². The third kappa shape index (κ3) is 3.39. The molecule has 0 amide bonds. The molecular formula is C19H20N6O5S. The van der Waals surface area contributed by atoms with Crippen molar-refractivity contribution in [2.45, 2.75) is 18.4 Å². The maximum absolute atomic E-state index is 12.6. The molecule has 162 valence electrons. The first kappa shape index (κ1) is 20.8. The lowest BCUT2D eigenvalue weighted by molar-refractivity contribution is 0.0450. The zero-order valence-electron chi connectivity index (χ0n) is 17.3. The number of ether oxygens (including phenoxy) is 1. The summed E-state index contributed by atoms with van der Waals surface area (Å²) in [6, 6.07) is 6.67. The van der Waals surface area contributed by atoms with E-state index in [9.17, 15) is 18.0 Å². The molecule has 0 atom stereocenters. The van der Waals surface area contributed by atoms with Gasteiger partial charge in [-0.25, -0.2) is 17.9 Å². The Morgan fingerprint density at radius 3 is 2.65 bits per heavy atom. The second-order valence-corrected chi connectivity index (χ2v) is 8.98. The summed E-state index contributed by atoms with van der Waals surface area (Å²) in [6.07, 6.45) is 1.32. The molecule has 0 radical (unpaired) electrons. The molecule has 4 rings (SSSR count). The van der Waals surface area contributed by atoms with Gasteiger partial charge in [0.05, 0.1) is 10.9 Å². The lowest BCUT2D eigenvalue weighted by Gasteiger charge is -2.09. The maximum Gasteiger partial charge on any atom is 0.355 e. The van der Waals surface area contributed by atoms with Crippen molar-refractivity contribution in [2.75, 3.05) is 7.05 Å². The summed E-state index contributed by atoms with van der Waals surface area (Å²) in [7, 11) is 0.733. The van der Waals surface area contributed by atoms with Crippen molar-refractivity contribution >= 4 is 32.7 Å². The monoisotopic (exact) mass is 444 g/mol. The van der Waals surface area contributed by atoms with E-state index in [0.29, 0.717) is 22.5 Å². The topological polar surface area (TPSA) is 130 Å². The van der Waals surface area contributed by atoms with E-state index in [-0.39, 0.29) is 22.8 Å². The van der Waals surface area contributed by atoms with Crippen molar-refractivity contribution in [1.82, 2.24) is 28.5 Å². The quantitative estimate of drug-likeness (QED) is 0.444. The van der Waals surface area contributed by atoms with Gasteiger partial charge in [0.25, 0.3) is 5.56 Å². The van der Waals surface area contributed by atoms with Crippen LogP contribution in [0.2, 0.25) is 0 Å². The van der Waals surface area contributed by atoms with Crippen LogP contribution in [0.3, 0.4) is 0 Å². The van der Waals surface area contributed by atoms with Gasteiger partial charge in [-0.2, -0.15) is 0 Å². The number of fused-ring (bicyclic) bond motifs is 3. The number of carbonyl (C=O) groups is 1. The smallest absolute Gasteiger partial charge is 0.355 e. The van der Waals surface area contributed by atoms with Crippen molar-refractivity contribution in [3.05, 3.63) is 57.9 Å². The zero-order chi connectivity index (χ0) is 22.5. The highest BCUT2D eigenvalue weighted by Crippen LogP contribution is 2.18. The van der Waals surface area contributed by atoms with E-state index in [4.69, 9.17) is 4.74 Å². The van der Waals surface area contributed by atoms with Gasteiger partial charge in [0, 0.05) is 20.3 Å². The van der Waals surface area contributed by atoms with Gasteiger partial charge >= 0.3 is 5.97 Å². The SMILES string of the molecule is CNS(=O)(=O)c1cc(C(=O)OCc2nnc3n(C)c(=O)c4cc(C)ccc4n23)n(C)c1. The molecular weight excluding hydrogens is 424 g/mol. The summed E-state index contributed by atoms with van der Waals surface area (Å²) < 4.78 is 35.9. The summed E-state index contributed by atoms with van der Waals surface area (Å²) in [5, 5.41) is 8.63. The van der Waals surface area contributed by atoms with E-state index in [2.05, 4.69) is 14.9 Å². The third-order valence-corrected chi connectivity index (χ3v) is 6.42. The molecule has 12 heteroatoms. The summed E-state index contributed by atoms with van der Waals surface area (Å²) in [5.74, 6) is -0.0828. The summed E-state index contributed by atoms with van der Waals surface area (Å²) >= 11 is 0. The minimum atomic E-state index is -3.69. The Morgan fingerprint density at radius 2 is 1.94 bits per heavy atom. The van der Waals surface area contributed by atoms with Crippen LogP contribution < -0.4 is 10.3 Å². The molecule has 0 saturated carbocycles. The normalized spacial score (nSPS) is 12.0. The minimum absolute atomic E-state index is 0.0475. The van der Waals surface area contributed by atoms with Gasteiger partial charge < -0.3 is 9.30 Å². The fourth-order valence-electron chi connectivity index (χ4n) is 3.36. The molecule has 0 aliphatic carbocycles. The molecule has 0 unspecified atom stereocenters. The molecule has 4 aromatic rings. The molecule has 11 nitrogen and oxygen atoms in total. The summed E-state index contributed by atoms with van der Waals surface area (Å²) in [4.78, 5) is 25.2. The van der Waals surface area contributed by atoms with E-state index >= 15 is 0 Å². The maximum atomic E-state index is 12.6. The van der Waals surface area contributed by atoms with Gasteiger partial charge in [0.2, 0.25) is 15.8 Å². The predicted octanol–water partition coefficient (Wildman–Crippen LogP) is 0.493. The van der Waals surface area contributed by atoms with Crippen LogP contribution in [0.1, 0.15) is 21.9 Å². The van der Waals surface area contributed by atoms with E-state index in [1.165, 1.54) is 28.4 Å². The van der Waals surface area contributed by atoms with Gasteiger partial charge in [-0.05, 0) is 32.2 Å². The molecule has 3 aromatic heterocycles. The van der Waals surface area contributed by atoms with Gasteiger partial charge in [0.1, 0.15) is 10.6 Å². The van der Waals surface area contributed by atoms with Crippen molar-refractivity contribution in [2.24, 2.45) is 14.1 Å². The largest absolute Gasteiger partial charge is 0.453 e. The predicted molar refractivity (Wildman–Crippen MR) is 111 cm³/mol. The van der Waals surface area contributed by atoms with E-state index in [0.717, 1.165) is 5.56 Å². The number of aryl methyl sites for hydroxylation is 3. The third-order valence-electron chi connectivity index (χ3n) is 5.04. The molecule has 3 heterocycles. The van der Waals surface area contributed by atoms with E-state index in [1.54, 1.807) is 30.6 Å². The number of aromatic nitrogens is 5. The zero-order valence-corrected chi connectivity index (χ0v) is 18.1. The number of benzene rings is 1. The highest BCUT2D eigenvalue weighted by atomic mass is 32.2. The number of nitrogens with zero attached hydrogens (tertiary/aromatic N) is 5. The number of hydrogen-bond acceptors (Lipinski definition) is 7. The lowest BCUT2D eigenvalue weighted by atomic mass is 10.1. The molecule has 0 aliphatic rings. The first-order valence-corrected chi connectivity index (χ1v) is 10.7. The number of carbonyl (C=O) groups excluding carboxylic acids is 1. The summed E-state index contributed by atoms with van der Waals surface area (Å²) in [5.41, 5.74) is 1.39. The lowest BCUT2D eigenvalue weighted by Crippen LogP contribution is -2.21. The average molecular weight is 444 g/mol. The highest BCUT2D eigenvalue weighted by molar-refractivity contribution is 7.89. The van der Waals surface area contributed by atoms with Crippen LogP contribution in [0.25, 0.3) is 16.7 Å². The van der Waals surface area contributed by atoms with Crippen LogP contribution in [0.4, 0.5) is 0 Å². The van der Waals surface area contributed by atoms with Crippen LogP contribution in [0.5, 0.6) is 0 Å². The second-order valence-electron chi connectivity index (χ2n) is 7.09. The van der Waals surface area contributed by atoms with Crippen LogP contribution >= 0.6 is 0 Å². The van der Waals surface area contributed by atoms with Crippen LogP contribution in [0.15, 0.2) is 40.2 Å². The Labute approximate surface area is 176 Å². The molecule has 1 N–H and O–H groups in total. The van der Waals surface area contributed by atoms with Crippen molar-refractivity contribution < 1.29 is 17.9 Å². The number of nitrogens with one attached hydrogen (secondary N) is 1. The molecule has 0 aliphatic heterocycles. The van der Waals surface area contributed by atoms with Crippen LogP contribution in [-0.4, -0.2) is 45.2 Å². The van der Waals surface area contributed by atoms with E-state index in [1.807, 2.05) is 13.0 Å². The first-order chi connectivity index (χ1) is 14.6. The fraction of sp³-hybridized carbons (Fsp3) is 0.263. The Kier molecular flexibility index (Phi) is 4.90. The van der Waals surface area contributed by atoms with Crippen molar-refractivity contribution in [3.8, 4) is 0 Å². The Balaban J connectivity index is 1.70. The Bertz CT molecular complexity index is 1510. The first-order valence-electron chi connectivity index (χ1n) is 9.24. The molecule has 31 heavy (non-hydrogen) atoms. The Hall–Kier alpha value is -3.51. The number of hydrogen-bond donors (Lipinski definition) is 1. The van der Waals surface area contributed by atoms with Crippen LogP contribution in [0, 0.1) is 6.92 Å². The highest BCUT2D eigenvalue weighted by Gasteiger charge is 2.21. The van der Waals surface area contributed by atoms with E-state index < -0.39 is 16.0 Å². The van der Waals surface area contributed by atoms with Crippen molar-refractivity contribution in [3.63, 3.8) is 0 Å². The number of sulfonamides is 1. The number of esters is 1. The van der Waals surface area contributed by atoms with Gasteiger partial charge in [0.15, 0.2) is 12.4 Å². The standard InChI is InChI=1S/C19H20N6O5S/c1-11-5-6-14-13(7-11)17(26)24(4)19-22-21-16(25(14)19)10-30-18(27)15-8-12(9-23(15)3)31(28,29)20-2/h5-9,20H,10H2,1-4H3.